The van der Waals surface area contributed by atoms with Crippen molar-refractivity contribution in [3.05, 3.63) is 29.7 Å². The largest absolute Gasteiger partial charge is 0.481 e. The van der Waals surface area contributed by atoms with Crippen LogP contribution in [-0.4, -0.2) is 38.1 Å². The third-order valence-corrected chi connectivity index (χ3v) is 3.02. The van der Waals surface area contributed by atoms with Crippen LogP contribution in [0.15, 0.2) is 18.5 Å². The molecule has 0 saturated carbocycles. The molecule has 0 saturated heterocycles. The molecule has 1 amide bonds. The van der Waals surface area contributed by atoms with Crippen LogP contribution < -0.4 is 5.32 Å². The third kappa shape index (κ3) is 2.61. The third-order valence-electron chi connectivity index (χ3n) is 3.02. The molecule has 0 aromatic carbocycles. The van der Waals surface area contributed by atoms with Crippen molar-refractivity contribution >= 4 is 17.5 Å². The highest BCUT2D eigenvalue weighted by Crippen LogP contribution is 2.14. The number of carbonyl (C=O) groups is 2. The number of carbonyl (C=O) groups excluding carboxylic acids is 1. The van der Waals surface area contributed by atoms with Gasteiger partial charge in [0.15, 0.2) is 5.65 Å². The van der Waals surface area contributed by atoms with Gasteiger partial charge in [-0.15, -0.1) is 0 Å². The Kier molecular flexibility index (Phi) is 3.44. The Hall–Kier alpha value is -2.44. The Bertz CT molecular complexity index is 675. The molecule has 7 heteroatoms. The highest BCUT2D eigenvalue weighted by Gasteiger charge is 2.28. The molecule has 0 aliphatic rings. The van der Waals surface area contributed by atoms with Crippen molar-refractivity contribution in [2.24, 2.45) is 5.41 Å². The van der Waals surface area contributed by atoms with Crippen LogP contribution in [0.25, 0.3) is 5.65 Å². The summed E-state index contributed by atoms with van der Waals surface area (Å²) in [6, 6.07) is 1.79. The summed E-state index contributed by atoms with van der Waals surface area (Å²) in [5.74, 6) is -1.35. The second-order valence-electron chi connectivity index (χ2n) is 5.27. The van der Waals surface area contributed by atoms with Crippen molar-refractivity contribution in [2.75, 3.05) is 6.54 Å². The molecular formula is C13H16N4O3. The molecule has 106 valence electrons. The topological polar surface area (TPSA) is 96.6 Å². The number of hydrogen-bond donors (Lipinski definition) is 2. The molecule has 0 spiro atoms. The van der Waals surface area contributed by atoms with E-state index < -0.39 is 11.4 Å². The minimum absolute atomic E-state index is 0.0321. The Morgan fingerprint density at radius 3 is 2.80 bits per heavy atom. The first-order valence-corrected chi connectivity index (χ1v) is 6.14. The molecule has 0 unspecified atom stereocenters. The first kappa shape index (κ1) is 14.0. The van der Waals surface area contributed by atoms with Gasteiger partial charge in [-0.1, -0.05) is 0 Å². The lowest BCUT2D eigenvalue weighted by molar-refractivity contribution is -0.146. The summed E-state index contributed by atoms with van der Waals surface area (Å²) < 4.78 is 1.50. The van der Waals surface area contributed by atoms with E-state index in [1.54, 1.807) is 26.1 Å². The number of fused-ring (bicyclic) bond motifs is 1. The number of amides is 1. The molecule has 2 N–H and O–H groups in total. The van der Waals surface area contributed by atoms with Crippen LogP contribution in [0, 0.1) is 12.3 Å². The number of carboxylic acids is 1. The average molecular weight is 276 g/mol. The molecule has 0 atom stereocenters. The second kappa shape index (κ2) is 4.92. The molecule has 2 rings (SSSR count). The van der Waals surface area contributed by atoms with Crippen LogP contribution in [-0.2, 0) is 4.79 Å². The number of nitrogens with zero attached hydrogens (tertiary/aromatic N) is 3. The number of aryl methyl sites for hydroxylation is 1. The van der Waals surface area contributed by atoms with Gasteiger partial charge in [-0.05, 0) is 26.8 Å². The molecule has 0 aliphatic carbocycles. The fraction of sp³-hybridized carbons (Fsp3) is 0.385. The molecule has 2 aromatic rings. The molecule has 20 heavy (non-hydrogen) atoms. The van der Waals surface area contributed by atoms with E-state index in [4.69, 9.17) is 5.11 Å². The van der Waals surface area contributed by atoms with Crippen molar-refractivity contribution in [1.82, 2.24) is 19.9 Å². The van der Waals surface area contributed by atoms with Gasteiger partial charge in [-0.3, -0.25) is 9.59 Å². The van der Waals surface area contributed by atoms with Crippen LogP contribution >= 0.6 is 0 Å². The number of aromatic nitrogens is 3. The van der Waals surface area contributed by atoms with E-state index in [0.29, 0.717) is 11.2 Å². The van der Waals surface area contributed by atoms with Crippen LogP contribution in [0.4, 0.5) is 0 Å². The molecule has 0 fully saturated rings. The smallest absolute Gasteiger partial charge is 0.310 e. The summed E-state index contributed by atoms with van der Waals surface area (Å²) in [6.45, 7) is 4.95. The van der Waals surface area contributed by atoms with E-state index in [9.17, 15) is 9.59 Å². The lowest BCUT2D eigenvalue weighted by Gasteiger charge is -2.19. The van der Waals surface area contributed by atoms with E-state index in [2.05, 4.69) is 15.4 Å². The van der Waals surface area contributed by atoms with E-state index in [1.165, 1.54) is 10.7 Å². The minimum Gasteiger partial charge on any atom is -0.481 e. The van der Waals surface area contributed by atoms with Crippen LogP contribution in [0.2, 0.25) is 0 Å². The van der Waals surface area contributed by atoms with Gasteiger partial charge in [-0.25, -0.2) is 9.50 Å². The zero-order chi connectivity index (χ0) is 14.9. The van der Waals surface area contributed by atoms with E-state index in [0.717, 1.165) is 5.69 Å². The first-order chi connectivity index (χ1) is 9.31. The number of carboxylic acid groups (broad SMARTS) is 1. The zero-order valence-corrected chi connectivity index (χ0v) is 11.5. The summed E-state index contributed by atoms with van der Waals surface area (Å²) in [6.07, 6.45) is 3.14. The SMILES string of the molecule is Cc1ccn2ncc(C(=O)NCC(C)(C)C(=O)O)c2n1. The Morgan fingerprint density at radius 2 is 2.15 bits per heavy atom. The van der Waals surface area contributed by atoms with Crippen molar-refractivity contribution < 1.29 is 14.7 Å². The summed E-state index contributed by atoms with van der Waals surface area (Å²) in [7, 11) is 0. The van der Waals surface area contributed by atoms with Crippen LogP contribution in [0.1, 0.15) is 29.9 Å². The standard InChI is InChI=1S/C13H16N4O3/c1-8-4-5-17-10(16-8)9(6-15-17)11(18)14-7-13(2,3)12(19)20/h4-6H,7H2,1-3H3,(H,14,18)(H,19,20). The predicted octanol–water partition coefficient (Wildman–Crippen LogP) is 0.878. The maximum Gasteiger partial charge on any atom is 0.310 e. The number of aliphatic carboxylic acids is 1. The van der Waals surface area contributed by atoms with E-state index in [-0.39, 0.29) is 12.5 Å². The molecule has 7 nitrogen and oxygen atoms in total. The van der Waals surface area contributed by atoms with Gasteiger partial charge in [0.25, 0.3) is 5.91 Å². The maximum absolute atomic E-state index is 12.1. The van der Waals surface area contributed by atoms with Gasteiger partial charge >= 0.3 is 5.97 Å². The van der Waals surface area contributed by atoms with Gasteiger partial charge in [0.1, 0.15) is 5.56 Å². The van der Waals surface area contributed by atoms with Crippen LogP contribution in [0.3, 0.4) is 0 Å². The Morgan fingerprint density at radius 1 is 1.45 bits per heavy atom. The lowest BCUT2D eigenvalue weighted by atomic mass is 9.94. The van der Waals surface area contributed by atoms with E-state index >= 15 is 0 Å². The molecule has 2 aromatic heterocycles. The summed E-state index contributed by atoms with van der Waals surface area (Å²) in [5.41, 5.74) is 0.533. The van der Waals surface area contributed by atoms with Crippen molar-refractivity contribution in [2.45, 2.75) is 20.8 Å². The summed E-state index contributed by atoms with van der Waals surface area (Å²) >= 11 is 0. The zero-order valence-electron chi connectivity index (χ0n) is 11.5. The molecule has 0 aliphatic heterocycles. The quantitative estimate of drug-likeness (QED) is 0.864. The van der Waals surface area contributed by atoms with Gasteiger partial charge in [0.2, 0.25) is 0 Å². The average Bonchev–Trinajstić information content (AvgIpc) is 2.78. The van der Waals surface area contributed by atoms with E-state index in [1.807, 2.05) is 6.92 Å². The minimum atomic E-state index is -1.03. The van der Waals surface area contributed by atoms with Gasteiger partial charge in [-0.2, -0.15) is 5.10 Å². The first-order valence-electron chi connectivity index (χ1n) is 6.14. The van der Waals surface area contributed by atoms with Gasteiger partial charge in [0.05, 0.1) is 11.6 Å². The van der Waals surface area contributed by atoms with Gasteiger partial charge in [0, 0.05) is 18.4 Å². The highest BCUT2D eigenvalue weighted by molar-refractivity contribution is 5.99. The normalized spacial score (nSPS) is 11.6. The van der Waals surface area contributed by atoms with Crippen molar-refractivity contribution in [3.63, 3.8) is 0 Å². The highest BCUT2D eigenvalue weighted by atomic mass is 16.4. The monoisotopic (exact) mass is 276 g/mol. The molecule has 0 bridgehead atoms. The number of rotatable bonds is 4. The van der Waals surface area contributed by atoms with Crippen molar-refractivity contribution in [3.8, 4) is 0 Å². The molecular weight excluding hydrogens is 260 g/mol. The number of nitrogens with one attached hydrogen (secondary N) is 1. The lowest BCUT2D eigenvalue weighted by Crippen LogP contribution is -2.38. The summed E-state index contributed by atoms with van der Waals surface area (Å²) in [5, 5.41) is 15.7. The fourth-order valence-electron chi connectivity index (χ4n) is 1.59. The molecule has 0 radical (unpaired) electrons. The number of hydrogen-bond acceptors (Lipinski definition) is 4. The molecule has 2 heterocycles. The fourth-order valence-corrected chi connectivity index (χ4v) is 1.59. The maximum atomic E-state index is 12.1. The predicted molar refractivity (Wildman–Crippen MR) is 71.5 cm³/mol. The van der Waals surface area contributed by atoms with Crippen LogP contribution in [0.5, 0.6) is 0 Å². The van der Waals surface area contributed by atoms with Crippen molar-refractivity contribution in [1.29, 1.82) is 0 Å². The summed E-state index contributed by atoms with van der Waals surface area (Å²) in [4.78, 5) is 27.4. The van der Waals surface area contributed by atoms with Gasteiger partial charge < -0.3 is 10.4 Å². The Balaban J connectivity index is 2.20. The Labute approximate surface area is 115 Å². The second-order valence-corrected chi connectivity index (χ2v) is 5.27.